The van der Waals surface area contributed by atoms with Crippen LogP contribution in [0.3, 0.4) is 0 Å². The smallest absolute Gasteiger partial charge is 0.335 e. The molecule has 0 amide bonds. The number of hydrogen-bond donors (Lipinski definition) is 5. The minimum absolute atomic E-state index is 0. The zero-order chi connectivity index (χ0) is 20.5. The molecule has 30 heavy (non-hydrogen) atoms. The minimum atomic E-state index is -1.77. The number of nitrogens with zero attached hydrogens (tertiary/aromatic N) is 4. The van der Waals surface area contributed by atoms with Crippen molar-refractivity contribution in [3.05, 3.63) is 48.5 Å². The van der Waals surface area contributed by atoms with Crippen LogP contribution in [-0.4, -0.2) is 99.9 Å². The Labute approximate surface area is 192 Å². The second-order valence-corrected chi connectivity index (χ2v) is 6.64. The predicted octanol–water partition coefficient (Wildman–Crippen LogP) is -0.878. The molecule has 5 N–H and O–H groups in total. The van der Waals surface area contributed by atoms with E-state index < -0.39 is 36.6 Å². The Morgan fingerprint density at radius 2 is 1.80 bits per heavy atom. The van der Waals surface area contributed by atoms with E-state index >= 15 is 0 Å². The standard InChI is InChI=1S/C18H19N5O6.Na/c24-11-12(25)14(18(27)28)29-17(13(11)26)23-8-22-10-15(20-7-21-16(10)23)19-6-9-4-2-1-3-5-9;/h1-5,7-8,11-14,17,24-26H,6H2,(H,27,28)(H,19,20,21);/t11-,12-,13+,14-,17+;/m0./s1. The number of ether oxygens (including phenoxy) is 1. The Balaban J connectivity index is 0.00000256. The molecule has 153 valence electrons. The number of hydrogen-bond acceptors (Lipinski definition) is 9. The fraction of sp³-hybridized carbons (Fsp3) is 0.333. The second kappa shape index (κ2) is 9.35. The van der Waals surface area contributed by atoms with Crippen molar-refractivity contribution in [2.24, 2.45) is 0 Å². The molecule has 3 heterocycles. The van der Waals surface area contributed by atoms with Gasteiger partial charge in [-0.25, -0.2) is 19.7 Å². The third kappa shape index (κ3) is 4.18. The molecule has 1 radical (unpaired) electrons. The quantitative estimate of drug-likeness (QED) is 0.325. The molecule has 4 rings (SSSR count). The Morgan fingerprint density at radius 3 is 2.50 bits per heavy atom. The maximum Gasteiger partial charge on any atom is 0.335 e. The van der Waals surface area contributed by atoms with Gasteiger partial charge in [0.2, 0.25) is 0 Å². The molecule has 1 fully saturated rings. The van der Waals surface area contributed by atoms with Crippen molar-refractivity contribution in [2.75, 3.05) is 5.32 Å². The summed E-state index contributed by atoms with van der Waals surface area (Å²) in [4.78, 5) is 23.9. The van der Waals surface area contributed by atoms with E-state index in [0.29, 0.717) is 17.9 Å². The van der Waals surface area contributed by atoms with Crippen LogP contribution in [0.4, 0.5) is 5.82 Å². The number of benzene rings is 1. The molecule has 2 aromatic heterocycles. The summed E-state index contributed by atoms with van der Waals surface area (Å²) in [6.45, 7) is 0.494. The normalized spacial score (nSPS) is 26.2. The third-order valence-electron chi connectivity index (χ3n) is 4.77. The molecule has 0 unspecified atom stereocenters. The van der Waals surface area contributed by atoms with Gasteiger partial charge in [0.25, 0.3) is 0 Å². The van der Waals surface area contributed by atoms with E-state index in [1.807, 2.05) is 30.3 Å². The topological polar surface area (TPSA) is 163 Å². The van der Waals surface area contributed by atoms with Gasteiger partial charge < -0.3 is 30.5 Å². The molecule has 3 aromatic rings. The van der Waals surface area contributed by atoms with E-state index in [9.17, 15) is 25.2 Å². The van der Waals surface area contributed by atoms with E-state index in [2.05, 4.69) is 20.3 Å². The number of aromatic nitrogens is 4. The fourth-order valence-corrected chi connectivity index (χ4v) is 3.24. The van der Waals surface area contributed by atoms with Crippen LogP contribution in [0.5, 0.6) is 0 Å². The molecule has 0 saturated carbocycles. The summed E-state index contributed by atoms with van der Waals surface area (Å²) in [6, 6.07) is 9.66. The van der Waals surface area contributed by atoms with Crippen LogP contribution >= 0.6 is 0 Å². The van der Waals surface area contributed by atoms with Crippen molar-refractivity contribution in [3.63, 3.8) is 0 Å². The number of carboxylic acids is 1. The van der Waals surface area contributed by atoms with Crippen LogP contribution < -0.4 is 5.32 Å². The molecule has 12 heteroatoms. The SMILES string of the molecule is O=C(O)[C@H]1O[C@@H](n2cnc3c(NCc4ccccc4)ncnc32)[C@H](O)[C@@H](O)[C@@H]1O.[Na]. The summed E-state index contributed by atoms with van der Waals surface area (Å²) in [5.74, 6) is -1.02. The van der Waals surface area contributed by atoms with Gasteiger partial charge in [-0.1, -0.05) is 30.3 Å². The summed E-state index contributed by atoms with van der Waals surface area (Å²) in [5, 5.41) is 42.6. The maximum absolute atomic E-state index is 11.3. The van der Waals surface area contributed by atoms with Gasteiger partial charge in [0.1, 0.15) is 24.6 Å². The number of aliphatic carboxylic acids is 1. The van der Waals surface area contributed by atoms with Crippen LogP contribution in [0.25, 0.3) is 11.2 Å². The zero-order valence-electron chi connectivity index (χ0n) is 16.0. The van der Waals surface area contributed by atoms with Crippen LogP contribution in [0.1, 0.15) is 11.8 Å². The molecular formula is C18H19N5NaO6. The van der Waals surface area contributed by atoms with Gasteiger partial charge >= 0.3 is 5.97 Å². The van der Waals surface area contributed by atoms with Crippen molar-refractivity contribution < 1.29 is 30.0 Å². The van der Waals surface area contributed by atoms with Gasteiger partial charge in [-0.2, -0.15) is 0 Å². The molecule has 1 aromatic carbocycles. The first kappa shape index (κ1) is 22.6. The average Bonchev–Trinajstić information content (AvgIpc) is 3.16. The first-order valence-electron chi connectivity index (χ1n) is 8.85. The number of nitrogens with one attached hydrogen (secondary N) is 1. The van der Waals surface area contributed by atoms with Crippen LogP contribution in [0.15, 0.2) is 43.0 Å². The largest absolute Gasteiger partial charge is 0.479 e. The molecule has 1 aliphatic rings. The first-order valence-corrected chi connectivity index (χ1v) is 8.85. The van der Waals surface area contributed by atoms with Crippen LogP contribution in [0, 0.1) is 0 Å². The molecule has 0 bridgehead atoms. The van der Waals surface area contributed by atoms with E-state index in [1.165, 1.54) is 17.2 Å². The van der Waals surface area contributed by atoms with Gasteiger partial charge in [-0.05, 0) is 5.56 Å². The number of carbonyl (C=O) groups is 1. The van der Waals surface area contributed by atoms with Crippen LogP contribution in [0.2, 0.25) is 0 Å². The summed E-state index contributed by atoms with van der Waals surface area (Å²) >= 11 is 0. The zero-order valence-corrected chi connectivity index (χ0v) is 18.0. The Kier molecular flexibility index (Phi) is 7.03. The van der Waals surface area contributed by atoms with E-state index in [0.717, 1.165) is 5.56 Å². The molecule has 5 atom stereocenters. The van der Waals surface area contributed by atoms with Crippen molar-refractivity contribution in [1.29, 1.82) is 0 Å². The number of anilines is 1. The second-order valence-electron chi connectivity index (χ2n) is 6.64. The van der Waals surface area contributed by atoms with Gasteiger partial charge in [-0.3, -0.25) is 4.57 Å². The maximum atomic E-state index is 11.3. The number of carboxylic acid groups (broad SMARTS) is 1. The van der Waals surface area contributed by atoms with Crippen molar-refractivity contribution in [3.8, 4) is 0 Å². The Morgan fingerprint density at radius 1 is 1.07 bits per heavy atom. The third-order valence-corrected chi connectivity index (χ3v) is 4.77. The Bertz CT molecular complexity index is 1020. The van der Waals surface area contributed by atoms with Gasteiger partial charge in [0.05, 0.1) is 6.33 Å². The molecule has 0 spiro atoms. The summed E-state index contributed by atoms with van der Waals surface area (Å²) in [5.41, 5.74) is 1.69. The number of aliphatic hydroxyl groups is 3. The number of rotatable bonds is 5. The first-order chi connectivity index (χ1) is 14.0. The monoisotopic (exact) mass is 424 g/mol. The molecule has 11 nitrogen and oxygen atoms in total. The molecule has 1 saturated heterocycles. The number of imidazole rings is 1. The molecule has 0 aliphatic carbocycles. The van der Waals surface area contributed by atoms with Gasteiger partial charge in [0.15, 0.2) is 29.3 Å². The van der Waals surface area contributed by atoms with E-state index in [4.69, 9.17) is 4.74 Å². The Hall–Kier alpha value is -2.12. The van der Waals surface area contributed by atoms with Gasteiger partial charge in [-0.15, -0.1) is 0 Å². The fourth-order valence-electron chi connectivity index (χ4n) is 3.24. The average molecular weight is 424 g/mol. The van der Waals surface area contributed by atoms with Crippen molar-refractivity contribution >= 4 is 52.5 Å². The number of aliphatic hydroxyl groups excluding tert-OH is 3. The van der Waals surface area contributed by atoms with Gasteiger partial charge in [0, 0.05) is 36.1 Å². The summed E-state index contributed by atoms with van der Waals surface area (Å²) < 4.78 is 6.65. The molecular weight excluding hydrogens is 405 g/mol. The van der Waals surface area contributed by atoms with E-state index in [-0.39, 0.29) is 35.2 Å². The van der Waals surface area contributed by atoms with Crippen molar-refractivity contribution in [1.82, 2.24) is 19.5 Å². The minimum Gasteiger partial charge on any atom is -0.479 e. The summed E-state index contributed by atoms with van der Waals surface area (Å²) in [7, 11) is 0. The van der Waals surface area contributed by atoms with Crippen molar-refractivity contribution in [2.45, 2.75) is 37.2 Å². The van der Waals surface area contributed by atoms with E-state index in [1.54, 1.807) is 0 Å². The number of fused-ring (bicyclic) bond motifs is 1. The summed E-state index contributed by atoms with van der Waals surface area (Å²) in [6.07, 6.45) is -5.50. The predicted molar refractivity (Wildman–Crippen MR) is 104 cm³/mol. The molecule has 1 aliphatic heterocycles. The van der Waals surface area contributed by atoms with Crippen LogP contribution in [-0.2, 0) is 16.1 Å².